The second-order valence-electron chi connectivity index (χ2n) is 3.98. The van der Waals surface area contributed by atoms with Gasteiger partial charge in [-0.3, -0.25) is 4.79 Å². The predicted molar refractivity (Wildman–Crippen MR) is 65.0 cm³/mol. The fourth-order valence-electron chi connectivity index (χ4n) is 1.70. The van der Waals surface area contributed by atoms with E-state index in [0.717, 1.165) is 0 Å². The summed E-state index contributed by atoms with van der Waals surface area (Å²) >= 11 is 0. The van der Waals surface area contributed by atoms with Gasteiger partial charge in [-0.25, -0.2) is 9.78 Å². The second kappa shape index (κ2) is 4.91. The van der Waals surface area contributed by atoms with E-state index >= 15 is 0 Å². The Labute approximate surface area is 104 Å². The molecule has 0 bridgehead atoms. The van der Waals surface area contributed by atoms with Crippen LogP contribution in [0.25, 0.3) is 0 Å². The summed E-state index contributed by atoms with van der Waals surface area (Å²) in [5, 5.41) is 5.73. The highest BCUT2D eigenvalue weighted by Crippen LogP contribution is 2.18. The monoisotopic (exact) mass is 250 g/mol. The molecule has 0 saturated carbocycles. The van der Waals surface area contributed by atoms with Gasteiger partial charge in [-0.05, 0) is 12.1 Å². The largest absolute Gasteiger partial charge is 0.464 e. The normalized spacial score (nSPS) is 18.3. The molecule has 4 N–H and O–H groups in total. The van der Waals surface area contributed by atoms with Crippen molar-refractivity contribution in [2.24, 2.45) is 0 Å². The van der Waals surface area contributed by atoms with Gasteiger partial charge in [0.05, 0.1) is 18.8 Å². The van der Waals surface area contributed by atoms with Crippen LogP contribution in [0.15, 0.2) is 12.1 Å². The number of methoxy groups -OCH3 is 1. The van der Waals surface area contributed by atoms with Crippen molar-refractivity contribution in [3.8, 4) is 0 Å². The van der Waals surface area contributed by atoms with Gasteiger partial charge >= 0.3 is 5.97 Å². The van der Waals surface area contributed by atoms with Gasteiger partial charge in [-0.1, -0.05) is 0 Å². The standard InChI is InChI=1S/C11H14N4O3/c1-18-11(17)8-3-2-7(12)10(15-8)14-6-4-9(16)13-5-6/h2-3,6H,4-5,12H2,1H3,(H,13,16)(H,14,15). The molecule has 1 amide bonds. The summed E-state index contributed by atoms with van der Waals surface area (Å²) in [7, 11) is 1.28. The van der Waals surface area contributed by atoms with Crippen molar-refractivity contribution in [1.29, 1.82) is 0 Å². The number of esters is 1. The lowest BCUT2D eigenvalue weighted by molar-refractivity contribution is -0.119. The smallest absolute Gasteiger partial charge is 0.356 e. The maximum absolute atomic E-state index is 11.3. The number of hydrogen-bond donors (Lipinski definition) is 3. The maximum Gasteiger partial charge on any atom is 0.356 e. The average Bonchev–Trinajstić information content (AvgIpc) is 2.76. The highest BCUT2D eigenvalue weighted by molar-refractivity contribution is 5.88. The van der Waals surface area contributed by atoms with Crippen LogP contribution in [0.5, 0.6) is 0 Å². The lowest BCUT2D eigenvalue weighted by Gasteiger charge is -2.13. The topological polar surface area (TPSA) is 106 Å². The van der Waals surface area contributed by atoms with Crippen LogP contribution in [0, 0.1) is 0 Å². The van der Waals surface area contributed by atoms with E-state index in [0.29, 0.717) is 24.5 Å². The number of nitrogens with zero attached hydrogens (tertiary/aromatic N) is 1. The highest BCUT2D eigenvalue weighted by Gasteiger charge is 2.22. The Morgan fingerprint density at radius 1 is 1.61 bits per heavy atom. The first kappa shape index (κ1) is 12.2. The van der Waals surface area contributed by atoms with E-state index in [1.165, 1.54) is 13.2 Å². The van der Waals surface area contributed by atoms with Crippen molar-refractivity contribution in [3.05, 3.63) is 17.8 Å². The number of nitrogens with one attached hydrogen (secondary N) is 2. The molecule has 7 nitrogen and oxygen atoms in total. The van der Waals surface area contributed by atoms with E-state index in [-0.39, 0.29) is 17.6 Å². The first-order valence-corrected chi connectivity index (χ1v) is 5.48. The molecule has 0 radical (unpaired) electrons. The molecule has 18 heavy (non-hydrogen) atoms. The molecule has 2 rings (SSSR count). The summed E-state index contributed by atoms with van der Waals surface area (Å²) in [5.41, 5.74) is 6.35. The molecule has 1 aliphatic heterocycles. The highest BCUT2D eigenvalue weighted by atomic mass is 16.5. The number of hydrogen-bond acceptors (Lipinski definition) is 6. The molecule has 1 atom stereocenters. The fourth-order valence-corrected chi connectivity index (χ4v) is 1.70. The minimum absolute atomic E-state index is 0.0183. The number of amides is 1. The third-order valence-electron chi connectivity index (χ3n) is 2.64. The number of carbonyl (C=O) groups excluding carboxylic acids is 2. The van der Waals surface area contributed by atoms with Crippen molar-refractivity contribution < 1.29 is 14.3 Å². The van der Waals surface area contributed by atoms with E-state index in [2.05, 4.69) is 20.4 Å². The summed E-state index contributed by atoms with van der Waals surface area (Å²) in [6.07, 6.45) is 0.365. The van der Waals surface area contributed by atoms with Crippen LogP contribution in [0.2, 0.25) is 0 Å². The summed E-state index contributed by atoms with van der Waals surface area (Å²) in [6.45, 7) is 0.516. The van der Waals surface area contributed by atoms with Gasteiger partial charge in [0.25, 0.3) is 0 Å². The van der Waals surface area contributed by atoms with Crippen molar-refractivity contribution in [1.82, 2.24) is 10.3 Å². The molecule has 96 valence electrons. The zero-order chi connectivity index (χ0) is 13.1. The van der Waals surface area contributed by atoms with Crippen LogP contribution in [0.1, 0.15) is 16.9 Å². The Bertz CT molecular complexity index is 489. The van der Waals surface area contributed by atoms with Crippen LogP contribution in [0.3, 0.4) is 0 Å². The molecule has 1 fully saturated rings. The maximum atomic E-state index is 11.3. The third-order valence-corrected chi connectivity index (χ3v) is 2.64. The Balaban J connectivity index is 2.16. The molecule has 0 spiro atoms. The van der Waals surface area contributed by atoms with Crippen molar-refractivity contribution >= 4 is 23.4 Å². The summed E-state index contributed by atoms with van der Waals surface area (Å²) in [6, 6.07) is 3.00. The lowest BCUT2D eigenvalue weighted by Crippen LogP contribution is -2.24. The van der Waals surface area contributed by atoms with Crippen LogP contribution in [-0.4, -0.2) is 36.6 Å². The quantitative estimate of drug-likeness (QED) is 0.639. The van der Waals surface area contributed by atoms with Crippen molar-refractivity contribution in [2.45, 2.75) is 12.5 Å². The minimum Gasteiger partial charge on any atom is -0.464 e. The molecule has 1 aromatic heterocycles. The van der Waals surface area contributed by atoms with Gasteiger partial charge in [0, 0.05) is 13.0 Å². The van der Waals surface area contributed by atoms with Gasteiger partial charge in [0.1, 0.15) is 5.82 Å². The Morgan fingerprint density at radius 2 is 2.39 bits per heavy atom. The molecule has 0 aromatic carbocycles. The van der Waals surface area contributed by atoms with Gasteiger partial charge in [-0.2, -0.15) is 0 Å². The van der Waals surface area contributed by atoms with Crippen molar-refractivity contribution in [3.63, 3.8) is 0 Å². The van der Waals surface area contributed by atoms with Crippen LogP contribution >= 0.6 is 0 Å². The number of pyridine rings is 1. The summed E-state index contributed by atoms with van der Waals surface area (Å²) < 4.78 is 4.58. The number of aromatic nitrogens is 1. The number of nitrogens with two attached hydrogens (primary N) is 1. The molecule has 7 heteroatoms. The Kier molecular flexibility index (Phi) is 3.31. The number of anilines is 2. The van der Waals surface area contributed by atoms with Gasteiger partial charge in [-0.15, -0.1) is 0 Å². The fraction of sp³-hybridized carbons (Fsp3) is 0.364. The van der Waals surface area contributed by atoms with Gasteiger partial charge in [0.15, 0.2) is 5.69 Å². The third kappa shape index (κ3) is 2.50. The molecular formula is C11H14N4O3. The second-order valence-corrected chi connectivity index (χ2v) is 3.98. The molecule has 0 aliphatic carbocycles. The molecule has 1 aromatic rings. The SMILES string of the molecule is COC(=O)c1ccc(N)c(NC2CNC(=O)C2)n1. The van der Waals surface area contributed by atoms with E-state index in [1.54, 1.807) is 6.07 Å². The molecule has 1 saturated heterocycles. The first-order chi connectivity index (χ1) is 8.60. The van der Waals surface area contributed by atoms with Crippen LogP contribution < -0.4 is 16.4 Å². The number of ether oxygens (including phenoxy) is 1. The minimum atomic E-state index is -0.529. The molecule has 1 aliphatic rings. The molecular weight excluding hydrogens is 236 g/mol. The van der Waals surface area contributed by atoms with E-state index in [9.17, 15) is 9.59 Å². The Hall–Kier alpha value is -2.31. The summed E-state index contributed by atoms with van der Waals surface area (Å²) in [4.78, 5) is 26.5. The molecule has 1 unspecified atom stereocenters. The van der Waals surface area contributed by atoms with Gasteiger partial charge in [0.2, 0.25) is 5.91 Å². The lowest BCUT2D eigenvalue weighted by atomic mass is 10.2. The van der Waals surface area contributed by atoms with E-state index in [1.807, 2.05) is 0 Å². The number of carbonyl (C=O) groups is 2. The van der Waals surface area contributed by atoms with Crippen LogP contribution in [0.4, 0.5) is 11.5 Å². The number of rotatable bonds is 3. The average molecular weight is 250 g/mol. The van der Waals surface area contributed by atoms with Crippen molar-refractivity contribution in [2.75, 3.05) is 24.7 Å². The predicted octanol–water partition coefficient (Wildman–Crippen LogP) is -0.249. The number of nitrogen functional groups attached to an aromatic ring is 1. The zero-order valence-corrected chi connectivity index (χ0v) is 9.90. The zero-order valence-electron chi connectivity index (χ0n) is 9.90. The Morgan fingerprint density at radius 3 is 3.00 bits per heavy atom. The first-order valence-electron chi connectivity index (χ1n) is 5.48. The van der Waals surface area contributed by atoms with Crippen LogP contribution in [-0.2, 0) is 9.53 Å². The molecule has 2 heterocycles. The van der Waals surface area contributed by atoms with Gasteiger partial charge < -0.3 is 21.1 Å². The summed E-state index contributed by atoms with van der Waals surface area (Å²) in [5.74, 6) is -0.159. The van der Waals surface area contributed by atoms with E-state index < -0.39 is 5.97 Å². The van der Waals surface area contributed by atoms with E-state index in [4.69, 9.17) is 5.73 Å².